The Morgan fingerprint density at radius 3 is 2.44 bits per heavy atom. The lowest BCUT2D eigenvalue weighted by molar-refractivity contribution is -0.113. The van der Waals surface area contributed by atoms with E-state index in [2.05, 4.69) is 15.5 Å². The maximum absolute atomic E-state index is 14.0. The van der Waals surface area contributed by atoms with Crippen molar-refractivity contribution >= 4 is 29.1 Å². The zero-order chi connectivity index (χ0) is 23.9. The van der Waals surface area contributed by atoms with E-state index in [4.69, 9.17) is 4.74 Å². The minimum absolute atomic E-state index is 0.0123. The van der Waals surface area contributed by atoms with Crippen LogP contribution in [0.2, 0.25) is 0 Å². The first-order valence-corrected chi connectivity index (χ1v) is 11.4. The van der Waals surface area contributed by atoms with Crippen molar-refractivity contribution in [1.29, 1.82) is 0 Å². The number of aromatic nitrogens is 3. The van der Waals surface area contributed by atoms with Crippen LogP contribution < -0.4 is 10.1 Å². The Morgan fingerprint density at radius 2 is 1.68 bits per heavy atom. The van der Waals surface area contributed by atoms with Crippen LogP contribution in [0.3, 0.4) is 0 Å². The Balaban J connectivity index is 1.51. The predicted molar refractivity (Wildman–Crippen MR) is 128 cm³/mol. The number of carbonyl (C=O) groups is 2. The fraction of sp³-hybridized carbons (Fsp3) is 0.120. The van der Waals surface area contributed by atoms with Gasteiger partial charge in [0.1, 0.15) is 6.61 Å². The first-order chi connectivity index (χ1) is 16.5. The fourth-order valence-electron chi connectivity index (χ4n) is 3.24. The number of carbonyl (C=O) groups excluding carboxylic acids is 2. The topological polar surface area (TPSA) is 86.1 Å². The summed E-state index contributed by atoms with van der Waals surface area (Å²) in [6.45, 7) is 1.44. The molecule has 0 spiro atoms. The van der Waals surface area contributed by atoms with E-state index in [9.17, 15) is 14.0 Å². The third-order valence-electron chi connectivity index (χ3n) is 4.82. The molecule has 0 aliphatic heterocycles. The van der Waals surface area contributed by atoms with Crippen molar-refractivity contribution in [3.05, 3.63) is 96.1 Å². The number of nitrogens with one attached hydrogen (secondary N) is 1. The van der Waals surface area contributed by atoms with Crippen molar-refractivity contribution in [1.82, 2.24) is 14.8 Å². The second-order valence-corrected chi connectivity index (χ2v) is 8.17. The Hall–Kier alpha value is -3.98. The summed E-state index contributed by atoms with van der Waals surface area (Å²) in [4.78, 5) is 24.4. The van der Waals surface area contributed by atoms with Gasteiger partial charge in [-0.05, 0) is 43.3 Å². The van der Waals surface area contributed by atoms with Crippen molar-refractivity contribution in [3.63, 3.8) is 0 Å². The van der Waals surface area contributed by atoms with E-state index in [0.717, 1.165) is 5.69 Å². The molecule has 0 aliphatic rings. The van der Waals surface area contributed by atoms with Crippen LogP contribution in [0, 0.1) is 5.82 Å². The molecule has 4 rings (SSSR count). The lowest BCUT2D eigenvalue weighted by Crippen LogP contribution is -2.16. The number of benzene rings is 3. The van der Waals surface area contributed by atoms with Crippen LogP contribution in [-0.2, 0) is 11.4 Å². The number of halogens is 1. The van der Waals surface area contributed by atoms with Crippen molar-refractivity contribution in [2.75, 3.05) is 11.1 Å². The number of ether oxygens (including phenoxy) is 1. The van der Waals surface area contributed by atoms with Crippen molar-refractivity contribution in [2.24, 2.45) is 0 Å². The first kappa shape index (κ1) is 23.2. The summed E-state index contributed by atoms with van der Waals surface area (Å²) in [7, 11) is 0. The van der Waals surface area contributed by atoms with Gasteiger partial charge in [0.15, 0.2) is 28.3 Å². The summed E-state index contributed by atoms with van der Waals surface area (Å²) in [6.07, 6.45) is 0. The number of thioether (sulfide) groups is 1. The van der Waals surface area contributed by atoms with Gasteiger partial charge in [-0.25, -0.2) is 4.39 Å². The van der Waals surface area contributed by atoms with Gasteiger partial charge in [-0.1, -0.05) is 54.2 Å². The molecule has 0 unspecified atom stereocenters. The zero-order valence-corrected chi connectivity index (χ0v) is 19.1. The molecule has 0 fully saturated rings. The van der Waals surface area contributed by atoms with E-state index in [-0.39, 0.29) is 29.8 Å². The summed E-state index contributed by atoms with van der Waals surface area (Å²) in [6, 6.07) is 22.4. The first-order valence-electron chi connectivity index (χ1n) is 10.4. The summed E-state index contributed by atoms with van der Waals surface area (Å²) in [5.74, 6) is -0.268. The highest BCUT2D eigenvalue weighted by atomic mass is 32.2. The average molecular weight is 477 g/mol. The molecule has 0 radical (unpaired) electrons. The highest BCUT2D eigenvalue weighted by Crippen LogP contribution is 2.24. The van der Waals surface area contributed by atoms with Gasteiger partial charge in [-0.3, -0.25) is 14.2 Å². The lowest BCUT2D eigenvalue weighted by Gasteiger charge is -2.12. The van der Waals surface area contributed by atoms with Gasteiger partial charge in [0.2, 0.25) is 5.91 Å². The summed E-state index contributed by atoms with van der Waals surface area (Å²) in [5.41, 5.74) is 1.69. The average Bonchev–Trinajstić information content (AvgIpc) is 3.26. The molecule has 0 aliphatic carbocycles. The molecule has 1 heterocycles. The molecule has 0 bridgehead atoms. The van der Waals surface area contributed by atoms with Gasteiger partial charge in [0.25, 0.3) is 0 Å². The van der Waals surface area contributed by atoms with E-state index in [1.807, 2.05) is 30.3 Å². The fourth-order valence-corrected chi connectivity index (χ4v) is 4.01. The maximum atomic E-state index is 14.0. The molecule has 1 N–H and O–H groups in total. The minimum atomic E-state index is -0.467. The highest BCUT2D eigenvalue weighted by molar-refractivity contribution is 7.99. The number of ketones is 1. The Bertz CT molecular complexity index is 1310. The number of amides is 1. The number of hydrogen-bond acceptors (Lipinski definition) is 6. The number of anilines is 1. The molecule has 3 aromatic carbocycles. The standard InChI is InChI=1S/C25H21FN4O3S/c1-17(31)19-11-5-7-13-21(19)27-24(32)16-34-25-29-28-23(30(25)18-9-3-2-4-10-18)15-33-22-14-8-6-12-20(22)26/h2-14H,15-16H2,1H3,(H,27,32). The van der Waals surface area contributed by atoms with Crippen LogP contribution in [-0.4, -0.2) is 32.2 Å². The van der Waals surface area contributed by atoms with Crippen LogP contribution in [0.25, 0.3) is 5.69 Å². The second-order valence-electron chi connectivity index (χ2n) is 7.23. The van der Waals surface area contributed by atoms with E-state index < -0.39 is 5.82 Å². The summed E-state index contributed by atoms with van der Waals surface area (Å²) >= 11 is 1.19. The molecule has 34 heavy (non-hydrogen) atoms. The van der Waals surface area contributed by atoms with Crippen LogP contribution in [0.4, 0.5) is 10.1 Å². The number of para-hydroxylation sites is 3. The van der Waals surface area contributed by atoms with Crippen molar-refractivity contribution < 1.29 is 18.7 Å². The minimum Gasteiger partial charge on any atom is -0.483 e. The zero-order valence-electron chi connectivity index (χ0n) is 18.3. The van der Waals surface area contributed by atoms with Gasteiger partial charge < -0.3 is 10.1 Å². The molecule has 0 saturated heterocycles. The summed E-state index contributed by atoms with van der Waals surface area (Å²) < 4.78 is 21.3. The second kappa shape index (κ2) is 10.8. The van der Waals surface area contributed by atoms with E-state index in [1.54, 1.807) is 41.0 Å². The Labute approximate surface area is 200 Å². The molecule has 172 valence electrons. The van der Waals surface area contributed by atoms with Gasteiger partial charge in [-0.15, -0.1) is 10.2 Å². The third kappa shape index (κ3) is 5.49. The molecule has 4 aromatic rings. The Morgan fingerprint density at radius 1 is 0.971 bits per heavy atom. The monoisotopic (exact) mass is 476 g/mol. The molecular formula is C25H21FN4O3S. The number of nitrogens with zero attached hydrogens (tertiary/aromatic N) is 3. The van der Waals surface area contributed by atoms with Gasteiger partial charge in [0.05, 0.1) is 11.4 Å². The maximum Gasteiger partial charge on any atom is 0.234 e. The van der Waals surface area contributed by atoms with E-state index in [1.165, 1.54) is 30.8 Å². The van der Waals surface area contributed by atoms with Crippen LogP contribution in [0.15, 0.2) is 84.0 Å². The smallest absolute Gasteiger partial charge is 0.234 e. The molecule has 0 atom stereocenters. The van der Waals surface area contributed by atoms with Gasteiger partial charge in [0, 0.05) is 11.3 Å². The van der Waals surface area contributed by atoms with Crippen molar-refractivity contribution in [2.45, 2.75) is 18.7 Å². The molecular weight excluding hydrogens is 455 g/mol. The molecule has 9 heteroatoms. The largest absolute Gasteiger partial charge is 0.483 e. The normalized spacial score (nSPS) is 10.6. The lowest BCUT2D eigenvalue weighted by atomic mass is 10.1. The van der Waals surface area contributed by atoms with Crippen molar-refractivity contribution in [3.8, 4) is 11.4 Å². The van der Waals surface area contributed by atoms with Crippen LogP contribution in [0.5, 0.6) is 5.75 Å². The predicted octanol–water partition coefficient (Wildman–Crippen LogP) is 4.92. The number of Topliss-reactive ketones (excluding diaryl/α,β-unsaturated/α-hetero) is 1. The van der Waals surface area contributed by atoms with E-state index in [0.29, 0.717) is 22.2 Å². The van der Waals surface area contributed by atoms with Gasteiger partial charge in [-0.2, -0.15) is 0 Å². The highest BCUT2D eigenvalue weighted by Gasteiger charge is 2.18. The Kier molecular flexibility index (Phi) is 7.34. The van der Waals surface area contributed by atoms with E-state index >= 15 is 0 Å². The quantitative estimate of drug-likeness (QED) is 0.273. The SMILES string of the molecule is CC(=O)c1ccccc1NC(=O)CSc1nnc(COc2ccccc2F)n1-c1ccccc1. The van der Waals surface area contributed by atoms with Crippen LogP contribution in [0.1, 0.15) is 23.1 Å². The summed E-state index contributed by atoms with van der Waals surface area (Å²) in [5, 5.41) is 11.7. The molecule has 0 saturated carbocycles. The third-order valence-corrected chi connectivity index (χ3v) is 5.75. The number of hydrogen-bond donors (Lipinski definition) is 1. The molecule has 1 amide bonds. The molecule has 7 nitrogen and oxygen atoms in total. The van der Waals surface area contributed by atoms with Gasteiger partial charge >= 0.3 is 0 Å². The van der Waals surface area contributed by atoms with Crippen LogP contribution >= 0.6 is 11.8 Å². The number of rotatable bonds is 9. The molecule has 1 aromatic heterocycles.